The average Bonchev–Trinajstić information content (AvgIpc) is 2.42. The highest BCUT2D eigenvalue weighted by Crippen LogP contribution is 2.29. The third-order valence-electron chi connectivity index (χ3n) is 3.07. The minimum absolute atomic E-state index is 0.221. The van der Waals surface area contributed by atoms with Crippen LogP contribution in [0.2, 0.25) is 0 Å². The molecule has 0 aliphatic carbocycles. The molecule has 1 rings (SSSR count). The number of hydrogen-bond donors (Lipinski definition) is 2. The van der Waals surface area contributed by atoms with E-state index in [4.69, 9.17) is 5.84 Å². The quantitative estimate of drug-likeness (QED) is 0.331. The van der Waals surface area contributed by atoms with E-state index in [0.717, 1.165) is 44.4 Å². The number of nitrogens with two attached hydrogens (primary N) is 1. The SMILES string of the molecule is C=CCCCCCC(NN)c1ccc(C(F)(F)F)cn1. The number of pyridine rings is 1. The monoisotopic (exact) mass is 287 g/mol. The first-order valence-corrected chi connectivity index (χ1v) is 6.59. The summed E-state index contributed by atoms with van der Waals surface area (Å²) in [6.45, 7) is 3.65. The first-order valence-electron chi connectivity index (χ1n) is 6.59. The molecule has 0 fully saturated rings. The van der Waals surface area contributed by atoms with Gasteiger partial charge in [0.25, 0.3) is 0 Å². The van der Waals surface area contributed by atoms with Crippen LogP contribution in [0.4, 0.5) is 13.2 Å². The molecule has 1 unspecified atom stereocenters. The third kappa shape index (κ3) is 5.30. The van der Waals surface area contributed by atoms with Crippen molar-refractivity contribution in [1.82, 2.24) is 10.4 Å². The molecular weight excluding hydrogens is 267 g/mol. The van der Waals surface area contributed by atoms with Crippen molar-refractivity contribution in [3.05, 3.63) is 42.2 Å². The normalized spacial score (nSPS) is 13.2. The van der Waals surface area contributed by atoms with Gasteiger partial charge in [-0.1, -0.05) is 18.9 Å². The molecule has 0 radical (unpaired) electrons. The van der Waals surface area contributed by atoms with E-state index in [1.807, 2.05) is 6.08 Å². The molecule has 0 amide bonds. The second kappa shape index (κ2) is 8.01. The van der Waals surface area contributed by atoms with Crippen LogP contribution < -0.4 is 11.3 Å². The van der Waals surface area contributed by atoms with Crippen molar-refractivity contribution in [2.75, 3.05) is 0 Å². The van der Waals surface area contributed by atoms with Crippen LogP contribution in [0.15, 0.2) is 31.0 Å². The van der Waals surface area contributed by atoms with Crippen molar-refractivity contribution in [2.24, 2.45) is 5.84 Å². The maximum atomic E-state index is 12.4. The summed E-state index contributed by atoms with van der Waals surface area (Å²) in [5, 5.41) is 0. The molecule has 0 aliphatic rings. The Balaban J connectivity index is 2.54. The van der Waals surface area contributed by atoms with Gasteiger partial charge in [0.1, 0.15) is 0 Å². The van der Waals surface area contributed by atoms with E-state index in [-0.39, 0.29) is 6.04 Å². The Hall–Kier alpha value is -1.40. The second-order valence-corrected chi connectivity index (χ2v) is 4.62. The Morgan fingerprint density at radius 2 is 2.05 bits per heavy atom. The minimum atomic E-state index is -4.36. The molecular formula is C14H20F3N3. The number of aromatic nitrogens is 1. The van der Waals surface area contributed by atoms with E-state index in [9.17, 15) is 13.2 Å². The van der Waals surface area contributed by atoms with Crippen molar-refractivity contribution in [1.29, 1.82) is 0 Å². The number of nitrogens with zero attached hydrogens (tertiary/aromatic N) is 1. The lowest BCUT2D eigenvalue weighted by atomic mass is 10.0. The number of halogens is 3. The smallest absolute Gasteiger partial charge is 0.271 e. The van der Waals surface area contributed by atoms with Gasteiger partial charge in [-0.2, -0.15) is 13.2 Å². The van der Waals surface area contributed by atoms with E-state index in [1.54, 1.807) is 0 Å². The molecule has 112 valence electrons. The first kappa shape index (κ1) is 16.7. The molecule has 20 heavy (non-hydrogen) atoms. The molecule has 1 heterocycles. The number of unbranched alkanes of at least 4 members (excludes halogenated alkanes) is 3. The highest BCUT2D eigenvalue weighted by atomic mass is 19.4. The van der Waals surface area contributed by atoms with E-state index in [0.29, 0.717) is 5.69 Å². The Morgan fingerprint density at radius 3 is 2.55 bits per heavy atom. The van der Waals surface area contributed by atoms with Crippen LogP contribution in [0.5, 0.6) is 0 Å². The summed E-state index contributed by atoms with van der Waals surface area (Å²) in [5.41, 5.74) is 2.39. The molecule has 0 aromatic carbocycles. The van der Waals surface area contributed by atoms with Crippen LogP contribution in [0.25, 0.3) is 0 Å². The maximum Gasteiger partial charge on any atom is 0.417 e. The van der Waals surface area contributed by atoms with Gasteiger partial charge >= 0.3 is 6.18 Å². The zero-order chi connectivity index (χ0) is 15.0. The fraction of sp³-hybridized carbons (Fsp3) is 0.500. The zero-order valence-electron chi connectivity index (χ0n) is 11.3. The molecule has 3 N–H and O–H groups in total. The number of alkyl halides is 3. The van der Waals surface area contributed by atoms with Gasteiger partial charge in [-0.25, -0.2) is 0 Å². The molecule has 0 bridgehead atoms. The summed E-state index contributed by atoms with van der Waals surface area (Å²) >= 11 is 0. The van der Waals surface area contributed by atoms with Crippen molar-refractivity contribution in [3.63, 3.8) is 0 Å². The number of rotatable bonds is 8. The summed E-state index contributed by atoms with van der Waals surface area (Å²) in [6.07, 6.45) is 3.10. The Bertz CT molecular complexity index is 401. The van der Waals surface area contributed by atoms with Gasteiger partial charge in [0.15, 0.2) is 0 Å². The first-order chi connectivity index (χ1) is 9.49. The van der Waals surface area contributed by atoms with Crippen LogP contribution in [0.3, 0.4) is 0 Å². The van der Waals surface area contributed by atoms with Crippen LogP contribution >= 0.6 is 0 Å². The fourth-order valence-electron chi connectivity index (χ4n) is 1.91. The zero-order valence-corrected chi connectivity index (χ0v) is 11.3. The fourth-order valence-corrected chi connectivity index (χ4v) is 1.91. The molecule has 1 atom stereocenters. The van der Waals surface area contributed by atoms with Gasteiger partial charge in [-0.05, 0) is 31.4 Å². The number of hydrazine groups is 1. The van der Waals surface area contributed by atoms with Gasteiger partial charge in [-0.3, -0.25) is 16.3 Å². The lowest BCUT2D eigenvalue weighted by Gasteiger charge is -2.16. The summed E-state index contributed by atoms with van der Waals surface area (Å²) in [5.74, 6) is 5.44. The third-order valence-corrected chi connectivity index (χ3v) is 3.07. The Labute approximate surface area is 117 Å². The molecule has 1 aromatic rings. The van der Waals surface area contributed by atoms with Gasteiger partial charge < -0.3 is 0 Å². The highest BCUT2D eigenvalue weighted by molar-refractivity contribution is 5.18. The Kier molecular flexibility index (Phi) is 6.67. The lowest BCUT2D eigenvalue weighted by molar-refractivity contribution is -0.137. The Morgan fingerprint density at radius 1 is 1.30 bits per heavy atom. The summed E-state index contributed by atoms with van der Waals surface area (Å²) in [7, 11) is 0. The van der Waals surface area contributed by atoms with Crippen molar-refractivity contribution < 1.29 is 13.2 Å². The van der Waals surface area contributed by atoms with Crippen molar-refractivity contribution in [3.8, 4) is 0 Å². The van der Waals surface area contributed by atoms with Gasteiger partial charge in [0.2, 0.25) is 0 Å². The molecule has 0 aliphatic heterocycles. The summed E-state index contributed by atoms with van der Waals surface area (Å²) < 4.78 is 37.3. The molecule has 3 nitrogen and oxygen atoms in total. The van der Waals surface area contributed by atoms with E-state index in [1.165, 1.54) is 6.07 Å². The predicted octanol–water partition coefficient (Wildman–Crippen LogP) is 3.74. The summed E-state index contributed by atoms with van der Waals surface area (Å²) in [6, 6.07) is 2.18. The molecule has 0 saturated carbocycles. The number of allylic oxidation sites excluding steroid dienone is 1. The molecule has 1 aromatic heterocycles. The number of hydrogen-bond acceptors (Lipinski definition) is 3. The van der Waals surface area contributed by atoms with Crippen LogP contribution in [-0.2, 0) is 6.18 Å². The topological polar surface area (TPSA) is 50.9 Å². The standard InChI is InChI=1S/C14H20F3N3/c1-2-3-4-5-6-7-13(20-18)12-9-8-11(10-19-12)14(15,16)17/h2,8-10,13,20H,1,3-7,18H2. The number of nitrogens with one attached hydrogen (secondary N) is 1. The molecule has 0 saturated heterocycles. The predicted molar refractivity (Wildman–Crippen MR) is 72.6 cm³/mol. The van der Waals surface area contributed by atoms with E-state index < -0.39 is 11.7 Å². The maximum absolute atomic E-state index is 12.4. The van der Waals surface area contributed by atoms with Crippen molar-refractivity contribution in [2.45, 2.75) is 44.3 Å². The molecule has 0 spiro atoms. The minimum Gasteiger partial charge on any atom is -0.271 e. The lowest BCUT2D eigenvalue weighted by Crippen LogP contribution is -2.28. The average molecular weight is 287 g/mol. The van der Waals surface area contributed by atoms with Crippen LogP contribution in [-0.4, -0.2) is 4.98 Å². The van der Waals surface area contributed by atoms with E-state index in [2.05, 4.69) is 17.0 Å². The highest BCUT2D eigenvalue weighted by Gasteiger charge is 2.30. The van der Waals surface area contributed by atoms with Crippen LogP contribution in [0.1, 0.15) is 49.4 Å². The van der Waals surface area contributed by atoms with Gasteiger partial charge in [0.05, 0.1) is 17.3 Å². The largest absolute Gasteiger partial charge is 0.417 e. The van der Waals surface area contributed by atoms with Gasteiger partial charge in [0, 0.05) is 6.20 Å². The van der Waals surface area contributed by atoms with Gasteiger partial charge in [-0.15, -0.1) is 6.58 Å². The van der Waals surface area contributed by atoms with Crippen molar-refractivity contribution >= 4 is 0 Å². The van der Waals surface area contributed by atoms with Crippen LogP contribution in [0, 0.1) is 0 Å². The van der Waals surface area contributed by atoms with E-state index >= 15 is 0 Å². The second-order valence-electron chi connectivity index (χ2n) is 4.62. The molecule has 6 heteroatoms. The summed E-state index contributed by atoms with van der Waals surface area (Å²) in [4.78, 5) is 3.85.